The molecule has 2 aliphatic heterocycles. The van der Waals surface area contributed by atoms with Gasteiger partial charge in [-0.05, 0) is 35.7 Å². The largest absolute Gasteiger partial charge is 0.497 e. The Morgan fingerprint density at radius 2 is 1.94 bits per heavy atom. The van der Waals surface area contributed by atoms with Crippen molar-refractivity contribution in [2.75, 3.05) is 12.4 Å². The van der Waals surface area contributed by atoms with Crippen molar-refractivity contribution in [2.45, 2.75) is 22.7 Å². The summed E-state index contributed by atoms with van der Waals surface area (Å²) in [6, 6.07) is 10.7. The standard InChI is InChI=1S/C21H17N3O5S3/c1-29-11-6-4-10(5-7-11)22-13(25)9-24-20-17(32-21(24)28)14(12-3-2-8-30-12)15-16(31-20)19(27)23-18(15)26/h2-8,14-16H,9H2,1H3,(H,22,25)(H,23,26,27)/t14-,15?,16?/m0/s1. The number of nitrogens with one attached hydrogen (secondary N) is 2. The van der Waals surface area contributed by atoms with Crippen LogP contribution in [0.5, 0.6) is 5.75 Å². The number of methoxy groups -OCH3 is 1. The highest BCUT2D eigenvalue weighted by Gasteiger charge is 2.53. The van der Waals surface area contributed by atoms with Gasteiger partial charge in [-0.1, -0.05) is 29.2 Å². The van der Waals surface area contributed by atoms with Gasteiger partial charge in [0.05, 0.1) is 18.1 Å². The number of nitrogens with zero attached hydrogens (tertiary/aromatic N) is 1. The zero-order valence-corrected chi connectivity index (χ0v) is 19.1. The maximum Gasteiger partial charge on any atom is 0.308 e. The van der Waals surface area contributed by atoms with Crippen molar-refractivity contribution in [1.29, 1.82) is 0 Å². The molecule has 4 heterocycles. The minimum atomic E-state index is -0.632. The fourth-order valence-electron chi connectivity index (χ4n) is 3.97. The Morgan fingerprint density at radius 3 is 2.62 bits per heavy atom. The van der Waals surface area contributed by atoms with Gasteiger partial charge in [-0.3, -0.25) is 29.1 Å². The molecular weight excluding hydrogens is 470 g/mol. The second kappa shape index (κ2) is 8.23. The van der Waals surface area contributed by atoms with Crippen LogP contribution in [0.1, 0.15) is 15.7 Å². The Labute approximate surface area is 194 Å². The number of aromatic nitrogens is 1. The van der Waals surface area contributed by atoms with E-state index in [1.807, 2.05) is 17.5 Å². The van der Waals surface area contributed by atoms with Crippen LogP contribution in [0.3, 0.4) is 0 Å². The lowest BCUT2D eigenvalue weighted by molar-refractivity contribution is -0.126. The maximum absolute atomic E-state index is 12.9. The number of carbonyl (C=O) groups is 3. The topological polar surface area (TPSA) is 106 Å². The first-order valence-corrected chi connectivity index (χ1v) is 12.3. The van der Waals surface area contributed by atoms with E-state index in [4.69, 9.17) is 4.74 Å². The molecule has 5 rings (SSSR count). The van der Waals surface area contributed by atoms with E-state index in [0.29, 0.717) is 16.5 Å². The number of thiophene rings is 1. The highest BCUT2D eigenvalue weighted by atomic mass is 32.2. The summed E-state index contributed by atoms with van der Waals surface area (Å²) in [5, 5.41) is 7.05. The van der Waals surface area contributed by atoms with Gasteiger partial charge in [-0.2, -0.15) is 0 Å². The summed E-state index contributed by atoms with van der Waals surface area (Å²) in [5.74, 6) is -1.32. The molecule has 3 amide bonds. The van der Waals surface area contributed by atoms with E-state index in [1.165, 1.54) is 27.7 Å². The minimum Gasteiger partial charge on any atom is -0.497 e. The van der Waals surface area contributed by atoms with Crippen molar-refractivity contribution in [3.8, 4) is 5.75 Å². The molecule has 2 aromatic heterocycles. The lowest BCUT2D eigenvalue weighted by Crippen LogP contribution is -2.32. The lowest BCUT2D eigenvalue weighted by Gasteiger charge is -2.29. The number of ether oxygens (including phenoxy) is 1. The van der Waals surface area contributed by atoms with Gasteiger partial charge < -0.3 is 10.1 Å². The van der Waals surface area contributed by atoms with Crippen LogP contribution in [0.4, 0.5) is 5.69 Å². The highest BCUT2D eigenvalue weighted by Crippen LogP contribution is 2.52. The summed E-state index contributed by atoms with van der Waals surface area (Å²) in [6.45, 7) is -0.187. The van der Waals surface area contributed by atoms with E-state index < -0.39 is 11.2 Å². The summed E-state index contributed by atoms with van der Waals surface area (Å²) in [5.41, 5.74) is 0.581. The van der Waals surface area contributed by atoms with E-state index in [9.17, 15) is 19.2 Å². The molecule has 1 fully saturated rings. The normalized spacial score (nSPS) is 21.6. The van der Waals surface area contributed by atoms with E-state index in [-0.39, 0.29) is 35.1 Å². The number of imide groups is 1. The van der Waals surface area contributed by atoms with Gasteiger partial charge in [0.15, 0.2) is 0 Å². The Morgan fingerprint density at radius 1 is 1.16 bits per heavy atom. The van der Waals surface area contributed by atoms with Crippen molar-refractivity contribution in [2.24, 2.45) is 5.92 Å². The zero-order valence-electron chi connectivity index (χ0n) is 16.7. The predicted molar refractivity (Wildman–Crippen MR) is 123 cm³/mol. The Hall–Kier alpha value is -2.89. The number of carbonyl (C=O) groups excluding carboxylic acids is 3. The summed E-state index contributed by atoms with van der Waals surface area (Å²) in [7, 11) is 1.56. The Balaban J connectivity index is 1.47. The van der Waals surface area contributed by atoms with Crippen LogP contribution in [0.25, 0.3) is 0 Å². The number of hydrogen-bond donors (Lipinski definition) is 2. The number of thioether (sulfide) groups is 1. The van der Waals surface area contributed by atoms with Crippen molar-refractivity contribution in [3.05, 3.63) is 61.2 Å². The molecule has 0 saturated carbocycles. The number of hydrogen-bond acceptors (Lipinski definition) is 8. The van der Waals surface area contributed by atoms with Gasteiger partial charge in [-0.25, -0.2) is 0 Å². The Kier molecular flexibility index (Phi) is 5.39. The van der Waals surface area contributed by atoms with Crippen molar-refractivity contribution in [1.82, 2.24) is 9.88 Å². The zero-order chi connectivity index (χ0) is 22.4. The second-order valence-electron chi connectivity index (χ2n) is 7.31. The van der Waals surface area contributed by atoms with Crippen LogP contribution in [0.15, 0.2) is 51.6 Å². The molecule has 3 aromatic rings. The van der Waals surface area contributed by atoms with Gasteiger partial charge in [0.1, 0.15) is 17.5 Å². The Bertz CT molecular complexity index is 1260. The number of amides is 3. The lowest BCUT2D eigenvalue weighted by atomic mass is 9.87. The van der Waals surface area contributed by atoms with E-state index in [2.05, 4.69) is 10.6 Å². The second-order valence-corrected chi connectivity index (χ2v) is 10.4. The first kappa shape index (κ1) is 21.0. The van der Waals surface area contributed by atoms with Gasteiger partial charge in [0.2, 0.25) is 17.7 Å². The van der Waals surface area contributed by atoms with Crippen LogP contribution >= 0.6 is 34.4 Å². The highest BCUT2D eigenvalue weighted by molar-refractivity contribution is 8.00. The molecule has 0 aliphatic carbocycles. The first-order valence-electron chi connectivity index (χ1n) is 9.68. The van der Waals surface area contributed by atoms with Crippen LogP contribution in [-0.4, -0.2) is 34.6 Å². The number of anilines is 1. The van der Waals surface area contributed by atoms with Crippen molar-refractivity contribution >= 4 is 57.8 Å². The summed E-state index contributed by atoms with van der Waals surface area (Å²) < 4.78 is 6.51. The SMILES string of the molecule is COc1ccc(NC(=O)Cn2c3c(sc2=O)[C@@H](c2cccs2)C2C(=O)NC(=O)C2S3)cc1. The number of thiazole rings is 1. The van der Waals surface area contributed by atoms with Crippen molar-refractivity contribution in [3.63, 3.8) is 0 Å². The molecule has 2 aliphatic rings. The third-order valence-corrected chi connectivity index (χ3v) is 8.98. The fourth-order valence-corrected chi connectivity index (χ4v) is 7.66. The molecule has 164 valence electrons. The molecule has 3 atom stereocenters. The molecule has 8 nitrogen and oxygen atoms in total. The molecule has 1 saturated heterocycles. The summed E-state index contributed by atoms with van der Waals surface area (Å²) in [4.78, 5) is 51.9. The van der Waals surface area contributed by atoms with Gasteiger partial charge in [-0.15, -0.1) is 11.3 Å². The average molecular weight is 488 g/mol. The average Bonchev–Trinajstić information content (AvgIpc) is 3.48. The molecule has 0 bridgehead atoms. The molecule has 0 spiro atoms. The monoisotopic (exact) mass is 487 g/mol. The smallest absolute Gasteiger partial charge is 0.308 e. The van der Waals surface area contributed by atoms with E-state index >= 15 is 0 Å². The van der Waals surface area contributed by atoms with Gasteiger partial charge in [0, 0.05) is 21.4 Å². The molecular formula is C21H17N3O5S3. The first-order chi connectivity index (χ1) is 15.5. The van der Waals surface area contributed by atoms with Crippen LogP contribution < -0.4 is 20.2 Å². The molecule has 0 radical (unpaired) electrons. The maximum atomic E-state index is 12.9. The van der Waals surface area contributed by atoms with E-state index in [1.54, 1.807) is 31.4 Å². The predicted octanol–water partition coefficient (Wildman–Crippen LogP) is 2.50. The van der Waals surface area contributed by atoms with Gasteiger partial charge >= 0.3 is 4.87 Å². The third kappa shape index (κ3) is 3.55. The number of rotatable bonds is 5. The third-order valence-electron chi connectivity index (χ3n) is 5.41. The molecule has 32 heavy (non-hydrogen) atoms. The van der Waals surface area contributed by atoms with Crippen LogP contribution in [0.2, 0.25) is 0 Å². The molecule has 2 N–H and O–H groups in total. The van der Waals surface area contributed by atoms with Crippen LogP contribution in [0, 0.1) is 5.92 Å². The fraction of sp³-hybridized carbons (Fsp3) is 0.238. The molecule has 11 heteroatoms. The number of fused-ring (bicyclic) bond motifs is 2. The quantitative estimate of drug-likeness (QED) is 0.536. The van der Waals surface area contributed by atoms with Crippen molar-refractivity contribution < 1.29 is 19.1 Å². The summed E-state index contributed by atoms with van der Waals surface area (Å²) >= 11 is 3.71. The number of benzene rings is 1. The van der Waals surface area contributed by atoms with E-state index in [0.717, 1.165) is 21.1 Å². The minimum absolute atomic E-state index is 0.187. The molecule has 1 aromatic carbocycles. The molecule has 2 unspecified atom stereocenters. The van der Waals surface area contributed by atoms with Gasteiger partial charge in [0.25, 0.3) is 0 Å². The summed E-state index contributed by atoms with van der Waals surface area (Å²) in [6.07, 6.45) is 0. The van der Waals surface area contributed by atoms with Crippen LogP contribution in [-0.2, 0) is 20.9 Å².